The molecule has 0 bridgehead atoms. The maximum Gasteiger partial charge on any atom is 0.273 e. The SMILES string of the molecule is Cc1ccccc1[C@@H]1CN(C(=O)c2csc(CN)n2)CCO1. The van der Waals surface area contributed by atoms with E-state index in [-0.39, 0.29) is 12.0 Å². The quantitative estimate of drug-likeness (QED) is 0.941. The topological polar surface area (TPSA) is 68.5 Å². The van der Waals surface area contributed by atoms with E-state index in [4.69, 9.17) is 10.5 Å². The summed E-state index contributed by atoms with van der Waals surface area (Å²) in [7, 11) is 0. The minimum atomic E-state index is -0.0773. The number of rotatable bonds is 3. The van der Waals surface area contributed by atoms with Crippen LogP contribution in [0.5, 0.6) is 0 Å². The molecule has 5 nitrogen and oxygen atoms in total. The van der Waals surface area contributed by atoms with Gasteiger partial charge in [0, 0.05) is 18.5 Å². The molecule has 2 aromatic rings. The molecule has 1 fully saturated rings. The second-order valence-electron chi connectivity index (χ2n) is 5.30. The summed E-state index contributed by atoms with van der Waals surface area (Å²) in [4.78, 5) is 18.7. The van der Waals surface area contributed by atoms with Crippen LogP contribution in [-0.2, 0) is 11.3 Å². The van der Waals surface area contributed by atoms with Crippen LogP contribution >= 0.6 is 11.3 Å². The number of thiazole rings is 1. The molecule has 1 atom stereocenters. The lowest BCUT2D eigenvalue weighted by Crippen LogP contribution is -2.42. The maximum absolute atomic E-state index is 12.6. The van der Waals surface area contributed by atoms with Crippen LogP contribution in [-0.4, -0.2) is 35.5 Å². The number of carbonyl (C=O) groups excluding carboxylic acids is 1. The first-order chi connectivity index (χ1) is 10.7. The lowest BCUT2D eigenvalue weighted by Gasteiger charge is -2.33. The summed E-state index contributed by atoms with van der Waals surface area (Å²) in [6.45, 7) is 4.12. The molecule has 116 valence electrons. The highest BCUT2D eigenvalue weighted by Gasteiger charge is 2.27. The summed E-state index contributed by atoms with van der Waals surface area (Å²) >= 11 is 1.43. The number of ether oxygens (including phenoxy) is 1. The summed E-state index contributed by atoms with van der Waals surface area (Å²) in [5, 5.41) is 2.56. The Bertz CT molecular complexity index is 671. The van der Waals surface area contributed by atoms with Gasteiger partial charge in [-0.15, -0.1) is 11.3 Å². The molecule has 1 saturated heterocycles. The van der Waals surface area contributed by atoms with Crippen molar-refractivity contribution in [1.29, 1.82) is 0 Å². The number of aryl methyl sites for hydroxylation is 1. The van der Waals surface area contributed by atoms with E-state index in [1.807, 2.05) is 17.0 Å². The van der Waals surface area contributed by atoms with E-state index in [9.17, 15) is 4.79 Å². The van der Waals surface area contributed by atoms with Gasteiger partial charge in [0.05, 0.1) is 13.2 Å². The van der Waals surface area contributed by atoms with Gasteiger partial charge in [0.15, 0.2) is 0 Å². The van der Waals surface area contributed by atoms with E-state index in [1.165, 1.54) is 16.9 Å². The Balaban J connectivity index is 1.75. The van der Waals surface area contributed by atoms with Gasteiger partial charge in [0.25, 0.3) is 5.91 Å². The van der Waals surface area contributed by atoms with Crippen molar-refractivity contribution in [3.05, 3.63) is 51.5 Å². The summed E-state index contributed by atoms with van der Waals surface area (Å²) in [5.41, 5.74) is 8.36. The number of benzene rings is 1. The Morgan fingerprint density at radius 2 is 2.32 bits per heavy atom. The molecule has 2 heterocycles. The molecule has 0 unspecified atom stereocenters. The molecule has 22 heavy (non-hydrogen) atoms. The van der Waals surface area contributed by atoms with Crippen molar-refractivity contribution in [3.63, 3.8) is 0 Å². The van der Waals surface area contributed by atoms with Gasteiger partial charge in [-0.1, -0.05) is 24.3 Å². The van der Waals surface area contributed by atoms with Crippen molar-refractivity contribution < 1.29 is 9.53 Å². The van der Waals surface area contributed by atoms with Crippen LogP contribution in [0.2, 0.25) is 0 Å². The van der Waals surface area contributed by atoms with Gasteiger partial charge in [-0.25, -0.2) is 4.98 Å². The van der Waals surface area contributed by atoms with Crippen molar-refractivity contribution in [1.82, 2.24) is 9.88 Å². The van der Waals surface area contributed by atoms with Gasteiger partial charge in [-0.05, 0) is 18.1 Å². The molecule has 0 spiro atoms. The number of nitrogens with two attached hydrogens (primary N) is 1. The minimum absolute atomic E-state index is 0.0437. The third kappa shape index (κ3) is 3.04. The van der Waals surface area contributed by atoms with E-state index in [1.54, 1.807) is 5.38 Å². The van der Waals surface area contributed by atoms with Crippen LogP contribution in [0, 0.1) is 6.92 Å². The zero-order valence-corrected chi connectivity index (χ0v) is 13.3. The Labute approximate surface area is 133 Å². The molecule has 0 saturated carbocycles. The highest BCUT2D eigenvalue weighted by atomic mass is 32.1. The van der Waals surface area contributed by atoms with Crippen molar-refractivity contribution in [2.24, 2.45) is 5.73 Å². The average Bonchev–Trinajstić information content (AvgIpc) is 3.04. The van der Waals surface area contributed by atoms with Crippen LogP contribution in [0.25, 0.3) is 0 Å². The number of aromatic nitrogens is 1. The first-order valence-electron chi connectivity index (χ1n) is 7.30. The monoisotopic (exact) mass is 317 g/mol. The van der Waals surface area contributed by atoms with Crippen LogP contribution in [0.1, 0.15) is 32.7 Å². The Morgan fingerprint density at radius 1 is 1.50 bits per heavy atom. The van der Waals surface area contributed by atoms with Crippen molar-refractivity contribution >= 4 is 17.2 Å². The molecule has 0 aliphatic carbocycles. The van der Waals surface area contributed by atoms with Gasteiger partial charge < -0.3 is 15.4 Å². The fraction of sp³-hybridized carbons (Fsp3) is 0.375. The number of hydrogen-bond acceptors (Lipinski definition) is 5. The van der Waals surface area contributed by atoms with Gasteiger partial charge in [0.2, 0.25) is 0 Å². The normalized spacial score (nSPS) is 18.5. The fourth-order valence-electron chi connectivity index (χ4n) is 2.63. The fourth-order valence-corrected chi connectivity index (χ4v) is 3.28. The molecule has 3 rings (SSSR count). The predicted molar refractivity (Wildman–Crippen MR) is 85.8 cm³/mol. The van der Waals surface area contributed by atoms with Crippen LogP contribution in [0.15, 0.2) is 29.6 Å². The first-order valence-corrected chi connectivity index (χ1v) is 8.18. The van der Waals surface area contributed by atoms with E-state index in [0.717, 1.165) is 10.6 Å². The van der Waals surface area contributed by atoms with E-state index < -0.39 is 0 Å². The van der Waals surface area contributed by atoms with Crippen molar-refractivity contribution in [2.75, 3.05) is 19.7 Å². The van der Waals surface area contributed by atoms with E-state index in [2.05, 4.69) is 24.0 Å². The number of hydrogen-bond donors (Lipinski definition) is 1. The molecule has 2 N–H and O–H groups in total. The lowest BCUT2D eigenvalue weighted by atomic mass is 10.0. The molecular formula is C16H19N3O2S. The van der Waals surface area contributed by atoms with Gasteiger partial charge in [0.1, 0.15) is 16.8 Å². The molecular weight excluding hydrogens is 298 g/mol. The second-order valence-corrected chi connectivity index (χ2v) is 6.24. The van der Waals surface area contributed by atoms with E-state index in [0.29, 0.717) is 31.9 Å². The Morgan fingerprint density at radius 3 is 3.05 bits per heavy atom. The van der Waals surface area contributed by atoms with Gasteiger partial charge in [-0.3, -0.25) is 4.79 Å². The molecule has 1 aliphatic heterocycles. The van der Waals surface area contributed by atoms with Crippen LogP contribution in [0.3, 0.4) is 0 Å². The molecule has 1 aromatic heterocycles. The largest absolute Gasteiger partial charge is 0.370 e. The Hall–Kier alpha value is -1.76. The third-order valence-corrected chi connectivity index (χ3v) is 4.71. The summed E-state index contributed by atoms with van der Waals surface area (Å²) < 4.78 is 5.86. The lowest BCUT2D eigenvalue weighted by molar-refractivity contribution is -0.0232. The average molecular weight is 317 g/mol. The summed E-state index contributed by atoms with van der Waals surface area (Å²) in [5.74, 6) is -0.0437. The number of amides is 1. The molecule has 1 amide bonds. The molecule has 6 heteroatoms. The predicted octanol–water partition coefficient (Wildman–Crippen LogP) is 2.12. The van der Waals surface area contributed by atoms with Crippen LogP contribution in [0.4, 0.5) is 0 Å². The zero-order chi connectivity index (χ0) is 15.5. The van der Waals surface area contributed by atoms with Gasteiger partial charge >= 0.3 is 0 Å². The molecule has 0 radical (unpaired) electrons. The summed E-state index contributed by atoms with van der Waals surface area (Å²) in [6, 6.07) is 8.13. The van der Waals surface area contributed by atoms with Gasteiger partial charge in [-0.2, -0.15) is 0 Å². The Kier molecular flexibility index (Phi) is 4.52. The van der Waals surface area contributed by atoms with Crippen molar-refractivity contribution in [3.8, 4) is 0 Å². The van der Waals surface area contributed by atoms with E-state index >= 15 is 0 Å². The first kappa shape index (κ1) is 15.1. The highest BCUT2D eigenvalue weighted by Crippen LogP contribution is 2.26. The third-order valence-electron chi connectivity index (χ3n) is 3.83. The standard InChI is InChI=1S/C16H19N3O2S/c1-11-4-2-3-5-12(11)14-9-19(6-7-21-14)16(20)13-10-22-15(8-17)18-13/h2-5,10,14H,6-9,17H2,1H3/t14-/m0/s1. The number of morpholine rings is 1. The number of nitrogens with zero attached hydrogens (tertiary/aromatic N) is 2. The van der Waals surface area contributed by atoms with Crippen LogP contribution < -0.4 is 5.73 Å². The van der Waals surface area contributed by atoms with Crippen molar-refractivity contribution in [2.45, 2.75) is 19.6 Å². The maximum atomic E-state index is 12.6. The zero-order valence-electron chi connectivity index (χ0n) is 12.5. The molecule has 1 aliphatic rings. The molecule has 1 aromatic carbocycles. The minimum Gasteiger partial charge on any atom is -0.370 e. The highest BCUT2D eigenvalue weighted by molar-refractivity contribution is 7.09. The summed E-state index contributed by atoms with van der Waals surface area (Å²) in [6.07, 6.45) is -0.0773. The smallest absolute Gasteiger partial charge is 0.273 e. The number of carbonyl (C=O) groups is 1. The second kappa shape index (κ2) is 6.56.